The molecular weight excluding hydrogens is 562 g/mol. The molecule has 0 heterocycles. The van der Waals surface area contributed by atoms with E-state index in [-0.39, 0.29) is 51.3 Å². The van der Waals surface area contributed by atoms with Gasteiger partial charge in [-0.25, -0.2) is 4.79 Å². The molecular formula is C33H43N5O6. The monoisotopic (exact) mass is 605 g/mol. The topological polar surface area (TPSA) is 161 Å². The average molecular weight is 606 g/mol. The number of β-amino-alcohol motifs (C(OH)–C–C–N with tert-alkyl or cyclic N) is 1. The summed E-state index contributed by atoms with van der Waals surface area (Å²) in [5.74, 6) is -0.755. The van der Waals surface area contributed by atoms with E-state index in [0.29, 0.717) is 5.69 Å². The number of carbonyl (C=O) groups excluding carboxylic acids is 3. The Morgan fingerprint density at radius 1 is 0.909 bits per heavy atom. The van der Waals surface area contributed by atoms with E-state index in [1.807, 2.05) is 78.9 Å². The Morgan fingerprint density at radius 2 is 1.59 bits per heavy atom. The fourth-order valence-electron chi connectivity index (χ4n) is 4.36. The van der Waals surface area contributed by atoms with Crippen molar-refractivity contribution in [3.05, 3.63) is 90.0 Å². The first-order chi connectivity index (χ1) is 21.1. The van der Waals surface area contributed by atoms with Crippen LogP contribution in [0.25, 0.3) is 11.1 Å². The lowest BCUT2D eigenvalue weighted by Crippen LogP contribution is -2.52. The van der Waals surface area contributed by atoms with Gasteiger partial charge in [-0.1, -0.05) is 72.8 Å². The summed E-state index contributed by atoms with van der Waals surface area (Å²) in [4.78, 5) is 38.0. The zero-order chi connectivity index (χ0) is 32.0. The Hall–Kier alpha value is -4.29. The average Bonchev–Trinajstić information content (AvgIpc) is 3.02. The summed E-state index contributed by atoms with van der Waals surface area (Å²) in [5, 5.41) is 32.8. The number of ether oxygens (including phenoxy) is 1. The van der Waals surface area contributed by atoms with Crippen LogP contribution in [0.3, 0.4) is 0 Å². The van der Waals surface area contributed by atoms with Crippen molar-refractivity contribution < 1.29 is 29.3 Å². The second kappa shape index (κ2) is 17.1. The standard InChI is InChI=1S/C33H43N5O6/c1-33(2,36-19-26(40)20-39)17-30(41)37-29(22-44-21-24-9-5-4-6-10-24)31(42)35-18-23-13-15-25(16-14-23)27-11-7-8-12-28(27)38-32(43)34-3/h4-16,26,29,36,39-40H,17-22H2,1-3H3,(H,35,42)(H,37,41)(H2,34,38,43)/t26-,29+/m0/s1. The third-order valence-electron chi connectivity index (χ3n) is 6.81. The highest BCUT2D eigenvalue weighted by Gasteiger charge is 2.26. The van der Waals surface area contributed by atoms with Crippen molar-refractivity contribution in [2.24, 2.45) is 0 Å². The van der Waals surface area contributed by atoms with E-state index in [0.717, 1.165) is 22.3 Å². The Balaban J connectivity index is 1.63. The van der Waals surface area contributed by atoms with Gasteiger partial charge in [0.05, 0.1) is 31.6 Å². The largest absolute Gasteiger partial charge is 0.394 e. The van der Waals surface area contributed by atoms with Crippen LogP contribution in [-0.2, 0) is 27.5 Å². The minimum Gasteiger partial charge on any atom is -0.394 e. The molecule has 0 unspecified atom stereocenters. The van der Waals surface area contributed by atoms with Gasteiger partial charge in [0, 0.05) is 37.7 Å². The third-order valence-corrected chi connectivity index (χ3v) is 6.81. The molecule has 0 spiro atoms. The van der Waals surface area contributed by atoms with E-state index in [1.165, 1.54) is 0 Å². The highest BCUT2D eigenvalue weighted by Crippen LogP contribution is 2.28. The first-order valence-corrected chi connectivity index (χ1v) is 14.5. The normalized spacial score (nSPS) is 12.6. The Bertz CT molecular complexity index is 1350. The maximum absolute atomic E-state index is 13.2. The van der Waals surface area contributed by atoms with Crippen molar-refractivity contribution in [3.63, 3.8) is 0 Å². The number of aliphatic hydroxyl groups is 2. The van der Waals surface area contributed by atoms with Crippen molar-refractivity contribution in [1.29, 1.82) is 0 Å². The fourth-order valence-corrected chi connectivity index (χ4v) is 4.36. The van der Waals surface area contributed by atoms with Gasteiger partial charge in [-0.05, 0) is 36.6 Å². The van der Waals surface area contributed by atoms with Crippen LogP contribution in [0.4, 0.5) is 10.5 Å². The van der Waals surface area contributed by atoms with Gasteiger partial charge in [0.25, 0.3) is 0 Å². The van der Waals surface area contributed by atoms with Crippen LogP contribution in [0.5, 0.6) is 0 Å². The van der Waals surface area contributed by atoms with Crippen LogP contribution in [0, 0.1) is 0 Å². The Morgan fingerprint density at radius 3 is 2.27 bits per heavy atom. The van der Waals surface area contributed by atoms with E-state index >= 15 is 0 Å². The molecule has 0 aromatic heterocycles. The number of para-hydroxylation sites is 1. The second-order valence-corrected chi connectivity index (χ2v) is 11.1. The predicted molar refractivity (Wildman–Crippen MR) is 170 cm³/mol. The summed E-state index contributed by atoms with van der Waals surface area (Å²) in [6, 6.07) is 23.4. The number of benzene rings is 3. The molecule has 4 amide bonds. The van der Waals surface area contributed by atoms with Gasteiger partial charge < -0.3 is 41.5 Å². The Kier molecular flexibility index (Phi) is 13.3. The highest BCUT2D eigenvalue weighted by molar-refractivity contribution is 5.94. The van der Waals surface area contributed by atoms with Crippen molar-refractivity contribution in [1.82, 2.24) is 21.3 Å². The zero-order valence-electron chi connectivity index (χ0n) is 25.4. The molecule has 2 atom stereocenters. The van der Waals surface area contributed by atoms with E-state index < -0.39 is 23.6 Å². The second-order valence-electron chi connectivity index (χ2n) is 11.1. The molecule has 0 bridgehead atoms. The molecule has 0 saturated carbocycles. The van der Waals surface area contributed by atoms with Gasteiger partial charge in [-0.3, -0.25) is 9.59 Å². The summed E-state index contributed by atoms with van der Waals surface area (Å²) in [6.45, 7) is 3.82. The van der Waals surface area contributed by atoms with Gasteiger partial charge in [0.2, 0.25) is 11.8 Å². The highest BCUT2D eigenvalue weighted by atomic mass is 16.5. The molecule has 0 aliphatic rings. The van der Waals surface area contributed by atoms with E-state index in [1.54, 1.807) is 20.9 Å². The molecule has 0 aliphatic heterocycles. The van der Waals surface area contributed by atoms with E-state index in [2.05, 4.69) is 26.6 Å². The summed E-state index contributed by atoms with van der Waals surface area (Å²) >= 11 is 0. The molecule has 11 heteroatoms. The van der Waals surface area contributed by atoms with Crippen LogP contribution in [-0.4, -0.2) is 72.5 Å². The van der Waals surface area contributed by atoms with Gasteiger partial charge in [0.1, 0.15) is 6.04 Å². The summed E-state index contributed by atoms with van der Waals surface area (Å²) in [5.41, 5.74) is 3.52. The molecule has 3 aromatic carbocycles. The minimum absolute atomic E-state index is 0.0301. The number of hydrogen-bond acceptors (Lipinski definition) is 7. The maximum Gasteiger partial charge on any atom is 0.318 e. The number of urea groups is 1. The van der Waals surface area contributed by atoms with Crippen LogP contribution in [0.15, 0.2) is 78.9 Å². The van der Waals surface area contributed by atoms with Crippen LogP contribution >= 0.6 is 0 Å². The fraction of sp³-hybridized carbons (Fsp3) is 0.364. The number of rotatable bonds is 16. The summed E-state index contributed by atoms with van der Waals surface area (Å²) < 4.78 is 5.80. The number of anilines is 1. The summed E-state index contributed by atoms with van der Waals surface area (Å²) in [7, 11) is 1.55. The third kappa shape index (κ3) is 11.4. The predicted octanol–water partition coefficient (Wildman–Crippen LogP) is 2.53. The lowest BCUT2D eigenvalue weighted by molar-refractivity contribution is -0.131. The Labute approximate surface area is 258 Å². The molecule has 0 aliphatic carbocycles. The molecule has 236 valence electrons. The van der Waals surface area contributed by atoms with Gasteiger partial charge in [-0.15, -0.1) is 0 Å². The molecule has 7 N–H and O–H groups in total. The van der Waals surface area contributed by atoms with E-state index in [9.17, 15) is 19.5 Å². The number of nitrogens with one attached hydrogen (secondary N) is 5. The molecule has 0 saturated heterocycles. The van der Waals surface area contributed by atoms with E-state index in [4.69, 9.17) is 9.84 Å². The van der Waals surface area contributed by atoms with Crippen LogP contribution in [0.2, 0.25) is 0 Å². The lowest BCUT2D eigenvalue weighted by atomic mass is 9.99. The van der Waals surface area contributed by atoms with Crippen molar-refractivity contribution in [2.75, 3.05) is 32.1 Å². The molecule has 11 nitrogen and oxygen atoms in total. The number of amides is 4. The zero-order valence-corrected chi connectivity index (χ0v) is 25.4. The molecule has 0 fully saturated rings. The smallest absolute Gasteiger partial charge is 0.318 e. The summed E-state index contributed by atoms with van der Waals surface area (Å²) in [6.07, 6.45) is -0.906. The lowest BCUT2D eigenvalue weighted by Gasteiger charge is -2.28. The van der Waals surface area contributed by atoms with Gasteiger partial charge >= 0.3 is 6.03 Å². The van der Waals surface area contributed by atoms with Gasteiger partial charge in [0.15, 0.2) is 0 Å². The van der Waals surface area contributed by atoms with Crippen molar-refractivity contribution in [3.8, 4) is 11.1 Å². The van der Waals surface area contributed by atoms with Crippen molar-refractivity contribution >= 4 is 23.5 Å². The minimum atomic E-state index is -0.940. The maximum atomic E-state index is 13.2. The quantitative estimate of drug-likeness (QED) is 0.132. The van der Waals surface area contributed by atoms with Crippen molar-refractivity contribution in [2.45, 2.75) is 51.1 Å². The van der Waals surface area contributed by atoms with Crippen LogP contribution < -0.4 is 26.6 Å². The van der Waals surface area contributed by atoms with Gasteiger partial charge in [-0.2, -0.15) is 0 Å². The molecule has 44 heavy (non-hydrogen) atoms. The molecule has 3 rings (SSSR count). The first-order valence-electron chi connectivity index (χ1n) is 14.5. The molecule has 0 radical (unpaired) electrons. The van der Waals surface area contributed by atoms with Crippen LogP contribution in [0.1, 0.15) is 31.4 Å². The molecule has 3 aromatic rings. The SMILES string of the molecule is CNC(=O)Nc1ccccc1-c1ccc(CNC(=O)[C@@H](COCc2ccccc2)NC(=O)CC(C)(C)NC[C@H](O)CO)cc1. The number of carbonyl (C=O) groups is 3. The first kappa shape index (κ1) is 34.2. The number of hydrogen-bond donors (Lipinski definition) is 7. The number of aliphatic hydroxyl groups excluding tert-OH is 2.